The van der Waals surface area contributed by atoms with E-state index >= 15 is 0 Å². The van der Waals surface area contributed by atoms with E-state index in [2.05, 4.69) is 26.1 Å². The summed E-state index contributed by atoms with van der Waals surface area (Å²) in [5.74, 6) is -0.0155. The van der Waals surface area contributed by atoms with Crippen molar-refractivity contribution in [1.29, 1.82) is 0 Å². The van der Waals surface area contributed by atoms with Crippen molar-refractivity contribution in [3.05, 3.63) is 0 Å². The second-order valence-electron chi connectivity index (χ2n) is 10.2. The predicted molar refractivity (Wildman–Crippen MR) is 113 cm³/mol. The molecule has 0 bridgehead atoms. The number of carbonyl (C=O) groups excluding carboxylic acids is 3. The van der Waals surface area contributed by atoms with Gasteiger partial charge in [-0.3, -0.25) is 14.4 Å². The zero-order valence-electron chi connectivity index (χ0n) is 18.7. The Hall–Kier alpha value is -1.67. The molecule has 2 heterocycles. The summed E-state index contributed by atoms with van der Waals surface area (Å²) in [5, 5.41) is 2.83. The van der Waals surface area contributed by atoms with Crippen LogP contribution in [0.25, 0.3) is 0 Å². The Labute approximate surface area is 179 Å². The van der Waals surface area contributed by atoms with Gasteiger partial charge in [0.2, 0.25) is 17.7 Å². The highest BCUT2D eigenvalue weighted by atomic mass is 16.5. The number of hydrogen-bond acceptors (Lipinski definition) is 5. The van der Waals surface area contributed by atoms with Crippen LogP contribution in [0.2, 0.25) is 0 Å². The van der Waals surface area contributed by atoms with E-state index in [9.17, 15) is 14.4 Å². The van der Waals surface area contributed by atoms with Crippen LogP contribution in [0.15, 0.2) is 0 Å². The number of ether oxygens (including phenoxy) is 1. The van der Waals surface area contributed by atoms with Gasteiger partial charge >= 0.3 is 0 Å². The maximum atomic E-state index is 13.3. The molecule has 3 aliphatic rings. The predicted octanol–water partition coefficient (Wildman–Crippen LogP) is 0.885. The van der Waals surface area contributed by atoms with E-state index in [4.69, 9.17) is 10.5 Å². The van der Waals surface area contributed by atoms with Crippen LogP contribution in [0, 0.1) is 11.3 Å². The second kappa shape index (κ2) is 9.64. The number of hydrogen-bond donors (Lipinski definition) is 2. The Balaban J connectivity index is 1.77. The third-order valence-corrected chi connectivity index (χ3v) is 6.10. The lowest BCUT2D eigenvalue weighted by molar-refractivity contribution is -0.140. The molecule has 0 aromatic rings. The number of amides is 3. The standard InChI is InChI=1S/C22H38N4O4/c1-22(2,3)12-19(27)25(14-17-5-4-10-30-17)16-11-18(20(28)24-9-8-23)26(13-16)21(29)15-6-7-15/h15-18H,4-14,23H2,1-3H3,(H,24,28). The Kier molecular flexibility index (Phi) is 7.39. The van der Waals surface area contributed by atoms with Gasteiger partial charge in [0.1, 0.15) is 6.04 Å². The van der Waals surface area contributed by atoms with Crippen molar-refractivity contribution in [2.45, 2.75) is 77.5 Å². The summed E-state index contributed by atoms with van der Waals surface area (Å²) in [4.78, 5) is 42.5. The van der Waals surface area contributed by atoms with Gasteiger partial charge in [-0.25, -0.2) is 0 Å². The van der Waals surface area contributed by atoms with E-state index in [0.29, 0.717) is 39.0 Å². The van der Waals surface area contributed by atoms with Crippen molar-refractivity contribution in [2.75, 3.05) is 32.8 Å². The molecule has 0 aromatic carbocycles. The van der Waals surface area contributed by atoms with Crippen molar-refractivity contribution >= 4 is 17.7 Å². The summed E-state index contributed by atoms with van der Waals surface area (Å²) < 4.78 is 5.81. The average Bonchev–Trinajstić information content (AvgIpc) is 3.22. The maximum Gasteiger partial charge on any atom is 0.242 e. The Bertz CT molecular complexity index is 638. The van der Waals surface area contributed by atoms with E-state index in [1.165, 1.54) is 0 Å². The van der Waals surface area contributed by atoms with Gasteiger partial charge in [-0.05, 0) is 37.5 Å². The molecule has 3 atom stereocenters. The first-order valence-electron chi connectivity index (χ1n) is 11.4. The molecule has 3 N–H and O–H groups in total. The van der Waals surface area contributed by atoms with E-state index in [1.807, 2.05) is 4.90 Å². The highest BCUT2D eigenvalue weighted by Gasteiger charge is 2.46. The molecule has 0 aromatic heterocycles. The van der Waals surface area contributed by atoms with Crippen molar-refractivity contribution in [2.24, 2.45) is 17.1 Å². The molecule has 0 radical (unpaired) electrons. The lowest BCUT2D eigenvalue weighted by atomic mass is 9.91. The fraction of sp³-hybridized carbons (Fsp3) is 0.864. The van der Waals surface area contributed by atoms with Crippen LogP contribution in [0.5, 0.6) is 0 Å². The maximum absolute atomic E-state index is 13.3. The first-order valence-corrected chi connectivity index (χ1v) is 11.4. The Morgan fingerprint density at radius 2 is 1.93 bits per heavy atom. The zero-order valence-corrected chi connectivity index (χ0v) is 18.7. The molecule has 3 rings (SSSR count). The van der Waals surface area contributed by atoms with E-state index in [1.54, 1.807) is 4.90 Å². The molecule has 8 heteroatoms. The van der Waals surface area contributed by atoms with Gasteiger partial charge in [0.05, 0.1) is 12.1 Å². The molecule has 0 spiro atoms. The quantitative estimate of drug-likeness (QED) is 0.604. The van der Waals surface area contributed by atoms with Crippen LogP contribution in [0.3, 0.4) is 0 Å². The molecule has 30 heavy (non-hydrogen) atoms. The van der Waals surface area contributed by atoms with Crippen LogP contribution >= 0.6 is 0 Å². The highest BCUT2D eigenvalue weighted by molar-refractivity contribution is 5.90. The van der Waals surface area contributed by atoms with Gasteiger partial charge in [0.25, 0.3) is 0 Å². The molecular formula is C22H38N4O4. The summed E-state index contributed by atoms with van der Waals surface area (Å²) in [6, 6.07) is -0.704. The molecular weight excluding hydrogens is 384 g/mol. The molecule has 3 amide bonds. The van der Waals surface area contributed by atoms with Crippen LogP contribution in [-0.4, -0.2) is 78.5 Å². The fourth-order valence-electron chi connectivity index (χ4n) is 4.43. The molecule has 1 saturated carbocycles. The van der Waals surface area contributed by atoms with E-state index in [-0.39, 0.29) is 41.2 Å². The minimum Gasteiger partial charge on any atom is -0.376 e. The van der Waals surface area contributed by atoms with Gasteiger partial charge in [-0.15, -0.1) is 0 Å². The van der Waals surface area contributed by atoms with Crippen LogP contribution in [0.4, 0.5) is 0 Å². The number of nitrogens with two attached hydrogens (primary N) is 1. The molecule has 2 aliphatic heterocycles. The molecule has 3 unspecified atom stereocenters. The van der Waals surface area contributed by atoms with Crippen molar-refractivity contribution in [3.63, 3.8) is 0 Å². The molecule has 3 fully saturated rings. The number of nitrogens with one attached hydrogen (secondary N) is 1. The molecule has 8 nitrogen and oxygen atoms in total. The number of carbonyl (C=O) groups is 3. The highest BCUT2D eigenvalue weighted by Crippen LogP contribution is 2.35. The summed E-state index contributed by atoms with van der Waals surface area (Å²) in [5.41, 5.74) is 5.40. The minimum atomic E-state index is -0.538. The summed E-state index contributed by atoms with van der Waals surface area (Å²) in [6.45, 7) is 8.57. The Morgan fingerprint density at radius 1 is 1.20 bits per heavy atom. The lowest BCUT2D eigenvalue weighted by Crippen LogP contribution is -2.48. The molecule has 170 valence electrons. The summed E-state index contributed by atoms with van der Waals surface area (Å²) in [7, 11) is 0. The third kappa shape index (κ3) is 5.94. The largest absolute Gasteiger partial charge is 0.376 e. The van der Waals surface area contributed by atoms with Gasteiger partial charge in [-0.1, -0.05) is 20.8 Å². The van der Waals surface area contributed by atoms with Crippen molar-refractivity contribution < 1.29 is 19.1 Å². The number of rotatable bonds is 8. The normalized spacial score (nSPS) is 26.7. The van der Waals surface area contributed by atoms with Gasteiger partial charge in [0, 0.05) is 45.1 Å². The Morgan fingerprint density at radius 3 is 2.50 bits per heavy atom. The molecule has 2 saturated heterocycles. The summed E-state index contributed by atoms with van der Waals surface area (Å²) in [6.07, 6.45) is 4.66. The lowest BCUT2D eigenvalue weighted by Gasteiger charge is -2.33. The average molecular weight is 423 g/mol. The first-order chi connectivity index (χ1) is 14.2. The smallest absolute Gasteiger partial charge is 0.242 e. The topological polar surface area (TPSA) is 105 Å². The monoisotopic (exact) mass is 422 g/mol. The fourth-order valence-corrected chi connectivity index (χ4v) is 4.43. The molecule has 1 aliphatic carbocycles. The first kappa shape index (κ1) is 23.0. The van der Waals surface area contributed by atoms with Crippen molar-refractivity contribution in [3.8, 4) is 0 Å². The van der Waals surface area contributed by atoms with Crippen LogP contribution < -0.4 is 11.1 Å². The van der Waals surface area contributed by atoms with Crippen molar-refractivity contribution in [1.82, 2.24) is 15.1 Å². The van der Waals surface area contributed by atoms with E-state index in [0.717, 1.165) is 32.3 Å². The second-order valence-corrected chi connectivity index (χ2v) is 10.2. The number of nitrogens with zero attached hydrogens (tertiary/aromatic N) is 2. The number of likely N-dealkylation sites (tertiary alicyclic amines) is 1. The van der Waals surface area contributed by atoms with Gasteiger partial charge < -0.3 is 25.6 Å². The van der Waals surface area contributed by atoms with Gasteiger partial charge in [-0.2, -0.15) is 0 Å². The van der Waals surface area contributed by atoms with Gasteiger partial charge in [0.15, 0.2) is 0 Å². The van der Waals surface area contributed by atoms with E-state index < -0.39 is 6.04 Å². The van der Waals surface area contributed by atoms with Crippen LogP contribution in [0.1, 0.15) is 59.3 Å². The van der Waals surface area contributed by atoms with Crippen LogP contribution in [-0.2, 0) is 19.1 Å². The third-order valence-electron chi connectivity index (χ3n) is 6.10. The minimum absolute atomic E-state index is 0.0328. The SMILES string of the molecule is CC(C)(C)CC(=O)N(CC1CCCO1)C1CC(C(=O)NCCN)N(C(=O)C2CC2)C1. The zero-order chi connectivity index (χ0) is 21.9. The summed E-state index contributed by atoms with van der Waals surface area (Å²) >= 11 is 0.